The van der Waals surface area contributed by atoms with E-state index in [1.807, 2.05) is 24.4 Å². The summed E-state index contributed by atoms with van der Waals surface area (Å²) in [5.41, 5.74) is 0. The fourth-order valence-corrected chi connectivity index (χ4v) is 2.60. The van der Waals surface area contributed by atoms with E-state index in [0.717, 1.165) is 4.88 Å². The molecular formula is C9H8F3N3S2. The quantitative estimate of drug-likeness (QED) is 0.928. The Morgan fingerprint density at radius 1 is 1.41 bits per heavy atom. The number of thiophene rings is 1. The van der Waals surface area contributed by atoms with Crippen molar-refractivity contribution in [1.82, 2.24) is 9.36 Å². The van der Waals surface area contributed by atoms with E-state index in [4.69, 9.17) is 0 Å². The summed E-state index contributed by atoms with van der Waals surface area (Å²) in [5, 5.41) is 4.98. The molecule has 0 fully saturated rings. The minimum absolute atomic E-state index is 0.0796. The van der Waals surface area contributed by atoms with Crippen LogP contribution in [0.4, 0.5) is 18.3 Å². The second-order valence-electron chi connectivity index (χ2n) is 3.30. The van der Waals surface area contributed by atoms with Gasteiger partial charge in [-0.25, -0.2) is 0 Å². The van der Waals surface area contributed by atoms with Crippen LogP contribution in [0.25, 0.3) is 0 Å². The fourth-order valence-electron chi connectivity index (χ4n) is 1.19. The van der Waals surface area contributed by atoms with E-state index in [0.29, 0.717) is 11.5 Å². The summed E-state index contributed by atoms with van der Waals surface area (Å²) in [4.78, 5) is 4.44. The van der Waals surface area contributed by atoms with Crippen LogP contribution in [0.15, 0.2) is 17.5 Å². The number of rotatable bonds is 3. The minimum Gasteiger partial charge on any atom is -0.353 e. The minimum atomic E-state index is -4.48. The Kier molecular flexibility index (Phi) is 3.34. The van der Waals surface area contributed by atoms with E-state index in [2.05, 4.69) is 14.7 Å². The first kappa shape index (κ1) is 12.3. The highest BCUT2D eigenvalue weighted by atomic mass is 32.1. The molecule has 2 aromatic heterocycles. The van der Waals surface area contributed by atoms with Gasteiger partial charge in [-0.3, -0.25) is 0 Å². The molecule has 0 aliphatic heterocycles. The summed E-state index contributed by atoms with van der Waals surface area (Å²) in [6.07, 6.45) is -4.48. The van der Waals surface area contributed by atoms with Crippen molar-refractivity contribution in [2.75, 3.05) is 5.32 Å². The molecule has 0 aliphatic rings. The molecule has 17 heavy (non-hydrogen) atoms. The lowest BCUT2D eigenvalue weighted by atomic mass is 10.3. The smallest absolute Gasteiger partial charge is 0.353 e. The molecule has 2 aromatic rings. The van der Waals surface area contributed by atoms with E-state index in [-0.39, 0.29) is 11.2 Å². The van der Waals surface area contributed by atoms with Crippen LogP contribution in [0, 0.1) is 0 Å². The van der Waals surface area contributed by atoms with Crippen LogP contribution >= 0.6 is 22.9 Å². The number of nitrogens with zero attached hydrogens (tertiary/aromatic N) is 2. The Bertz CT molecular complexity index is 478. The van der Waals surface area contributed by atoms with Crippen molar-refractivity contribution in [2.24, 2.45) is 0 Å². The molecule has 0 aromatic carbocycles. The van der Waals surface area contributed by atoms with Gasteiger partial charge in [0.05, 0.1) is 6.04 Å². The highest BCUT2D eigenvalue weighted by molar-refractivity contribution is 7.10. The number of halogens is 3. The number of alkyl halides is 3. The van der Waals surface area contributed by atoms with Crippen LogP contribution in [0.3, 0.4) is 0 Å². The van der Waals surface area contributed by atoms with E-state index in [9.17, 15) is 13.2 Å². The fraction of sp³-hybridized carbons (Fsp3) is 0.333. The van der Waals surface area contributed by atoms with Gasteiger partial charge < -0.3 is 5.32 Å². The van der Waals surface area contributed by atoms with Crippen LogP contribution in [0.1, 0.15) is 23.7 Å². The monoisotopic (exact) mass is 279 g/mol. The van der Waals surface area contributed by atoms with Gasteiger partial charge in [-0.1, -0.05) is 6.07 Å². The van der Waals surface area contributed by atoms with Crippen LogP contribution in [-0.4, -0.2) is 9.36 Å². The first-order valence-corrected chi connectivity index (χ1v) is 6.33. The Labute approximate surface area is 103 Å². The number of anilines is 1. The zero-order chi connectivity index (χ0) is 12.5. The molecule has 92 valence electrons. The van der Waals surface area contributed by atoms with Crippen molar-refractivity contribution >= 4 is 28.0 Å². The molecule has 1 N–H and O–H groups in total. The highest BCUT2D eigenvalue weighted by Gasteiger charge is 2.36. The van der Waals surface area contributed by atoms with Crippen molar-refractivity contribution in [2.45, 2.75) is 19.1 Å². The first-order valence-electron chi connectivity index (χ1n) is 4.67. The third-order valence-electron chi connectivity index (χ3n) is 1.99. The maximum absolute atomic E-state index is 12.3. The Balaban J connectivity index is 2.07. The Hall–Kier alpha value is -1.15. The molecule has 1 unspecified atom stereocenters. The standard InChI is InChI=1S/C9H8F3N3S2/c1-5(6-3-2-4-16-6)13-8-14-7(15-17-8)9(10,11)12/h2-5H,1H3,(H,13,14,15). The van der Waals surface area contributed by atoms with Crippen molar-refractivity contribution in [1.29, 1.82) is 0 Å². The lowest BCUT2D eigenvalue weighted by Crippen LogP contribution is -2.08. The second-order valence-corrected chi connectivity index (χ2v) is 5.03. The second kappa shape index (κ2) is 4.61. The van der Waals surface area contributed by atoms with E-state index >= 15 is 0 Å². The topological polar surface area (TPSA) is 37.8 Å². The summed E-state index contributed by atoms with van der Waals surface area (Å²) in [5.74, 6) is -1.09. The Morgan fingerprint density at radius 2 is 2.18 bits per heavy atom. The van der Waals surface area contributed by atoms with E-state index in [1.54, 1.807) is 0 Å². The van der Waals surface area contributed by atoms with E-state index in [1.165, 1.54) is 11.3 Å². The molecule has 0 amide bonds. The number of nitrogens with one attached hydrogen (secondary N) is 1. The summed E-state index contributed by atoms with van der Waals surface area (Å²) in [7, 11) is 0. The summed E-state index contributed by atoms with van der Waals surface area (Å²) in [6, 6.07) is 3.72. The average molecular weight is 279 g/mol. The van der Waals surface area contributed by atoms with Gasteiger partial charge in [0.2, 0.25) is 11.0 Å². The normalized spacial score (nSPS) is 13.6. The lowest BCUT2D eigenvalue weighted by Gasteiger charge is -2.09. The van der Waals surface area contributed by atoms with Crippen LogP contribution < -0.4 is 5.32 Å². The first-order chi connectivity index (χ1) is 7.97. The molecule has 0 aliphatic carbocycles. The molecule has 1 atom stereocenters. The molecule has 0 saturated heterocycles. The van der Waals surface area contributed by atoms with Crippen molar-refractivity contribution in [3.63, 3.8) is 0 Å². The summed E-state index contributed by atoms with van der Waals surface area (Å²) in [6.45, 7) is 1.86. The molecule has 0 saturated carbocycles. The largest absolute Gasteiger partial charge is 0.452 e. The number of aromatic nitrogens is 2. The van der Waals surface area contributed by atoms with Gasteiger partial charge in [-0.15, -0.1) is 11.3 Å². The van der Waals surface area contributed by atoms with Crippen LogP contribution in [-0.2, 0) is 6.18 Å². The van der Waals surface area contributed by atoms with Crippen LogP contribution in [0.5, 0.6) is 0 Å². The third-order valence-corrected chi connectivity index (χ3v) is 3.69. The summed E-state index contributed by atoms with van der Waals surface area (Å²) >= 11 is 2.25. The predicted octanol–water partition coefficient (Wildman–Crippen LogP) is 3.79. The van der Waals surface area contributed by atoms with Crippen molar-refractivity contribution in [3.8, 4) is 0 Å². The van der Waals surface area contributed by atoms with Gasteiger partial charge in [0, 0.05) is 16.4 Å². The Morgan fingerprint density at radius 3 is 2.71 bits per heavy atom. The highest BCUT2D eigenvalue weighted by Crippen LogP contribution is 2.30. The van der Waals surface area contributed by atoms with Gasteiger partial charge in [0.1, 0.15) is 0 Å². The lowest BCUT2D eigenvalue weighted by molar-refractivity contribution is -0.144. The summed E-state index contributed by atoms with van der Waals surface area (Å²) < 4.78 is 40.1. The molecular weight excluding hydrogens is 271 g/mol. The molecule has 8 heteroatoms. The maximum Gasteiger partial charge on any atom is 0.452 e. The third kappa shape index (κ3) is 2.95. The molecule has 3 nitrogen and oxygen atoms in total. The molecule has 0 bridgehead atoms. The van der Waals surface area contributed by atoms with Gasteiger partial charge >= 0.3 is 6.18 Å². The van der Waals surface area contributed by atoms with Gasteiger partial charge in [-0.05, 0) is 18.4 Å². The SMILES string of the molecule is CC(Nc1nc(C(F)(F)F)ns1)c1cccs1. The number of hydrogen-bond donors (Lipinski definition) is 1. The van der Waals surface area contributed by atoms with Crippen molar-refractivity contribution < 1.29 is 13.2 Å². The van der Waals surface area contributed by atoms with Gasteiger partial charge in [0.25, 0.3) is 0 Å². The predicted molar refractivity (Wildman–Crippen MR) is 61.3 cm³/mol. The van der Waals surface area contributed by atoms with Gasteiger partial charge in [0.15, 0.2) is 0 Å². The number of hydrogen-bond acceptors (Lipinski definition) is 5. The zero-order valence-corrected chi connectivity index (χ0v) is 10.3. The molecule has 0 radical (unpaired) electrons. The van der Waals surface area contributed by atoms with E-state index < -0.39 is 12.0 Å². The average Bonchev–Trinajstić information content (AvgIpc) is 2.85. The van der Waals surface area contributed by atoms with Crippen LogP contribution in [0.2, 0.25) is 0 Å². The van der Waals surface area contributed by atoms with Crippen molar-refractivity contribution in [3.05, 3.63) is 28.2 Å². The molecule has 2 rings (SSSR count). The molecule has 0 spiro atoms. The van der Waals surface area contributed by atoms with Gasteiger partial charge in [-0.2, -0.15) is 22.5 Å². The zero-order valence-electron chi connectivity index (χ0n) is 8.65. The molecule has 2 heterocycles. The maximum atomic E-state index is 12.3.